The Balaban J connectivity index is 2.53. The van der Waals surface area contributed by atoms with Crippen LogP contribution in [0.5, 0.6) is 5.75 Å². The molecule has 1 aromatic rings. The number of halogens is 2. The van der Waals surface area contributed by atoms with E-state index in [0.29, 0.717) is 18.3 Å². The minimum atomic E-state index is -0.658. The van der Waals surface area contributed by atoms with Crippen molar-refractivity contribution in [2.45, 2.75) is 19.8 Å². The Kier molecular flexibility index (Phi) is 5.60. The highest BCUT2D eigenvalue weighted by atomic mass is 32.1. The summed E-state index contributed by atoms with van der Waals surface area (Å²) in [4.78, 5) is 0. The van der Waals surface area contributed by atoms with Gasteiger partial charge in [-0.1, -0.05) is 13.3 Å². The average molecular weight is 246 g/mol. The van der Waals surface area contributed by atoms with E-state index >= 15 is 0 Å². The molecule has 0 amide bonds. The van der Waals surface area contributed by atoms with Gasteiger partial charge in [0.05, 0.1) is 6.61 Å². The van der Waals surface area contributed by atoms with Crippen LogP contribution in [0.4, 0.5) is 8.78 Å². The molecule has 0 aliphatic rings. The predicted octanol–water partition coefficient (Wildman–Crippen LogP) is 3.69. The first-order valence-corrected chi connectivity index (χ1v) is 5.99. The van der Waals surface area contributed by atoms with Crippen LogP contribution >= 0.6 is 12.6 Å². The second-order valence-corrected chi connectivity index (χ2v) is 4.09. The number of hydrogen-bond acceptors (Lipinski definition) is 2. The largest absolute Gasteiger partial charge is 0.490 e. The van der Waals surface area contributed by atoms with Gasteiger partial charge in [-0.05, 0) is 24.3 Å². The molecule has 0 saturated heterocycles. The summed E-state index contributed by atoms with van der Waals surface area (Å²) in [7, 11) is 0. The van der Waals surface area contributed by atoms with Crippen LogP contribution in [-0.4, -0.2) is 12.4 Å². The van der Waals surface area contributed by atoms with Crippen molar-refractivity contribution in [2.24, 2.45) is 5.92 Å². The smallest absolute Gasteiger partial charge is 0.167 e. The van der Waals surface area contributed by atoms with Crippen LogP contribution < -0.4 is 4.74 Å². The fourth-order valence-electron chi connectivity index (χ4n) is 1.44. The number of hydrogen-bond donors (Lipinski definition) is 1. The Morgan fingerprint density at radius 2 is 2.12 bits per heavy atom. The summed E-state index contributed by atoms with van der Waals surface area (Å²) >= 11 is 4.20. The maximum Gasteiger partial charge on any atom is 0.167 e. The molecule has 0 aliphatic carbocycles. The Morgan fingerprint density at radius 1 is 1.38 bits per heavy atom. The van der Waals surface area contributed by atoms with Crippen molar-refractivity contribution in [3.8, 4) is 5.75 Å². The third-order valence-electron chi connectivity index (χ3n) is 2.32. The van der Waals surface area contributed by atoms with E-state index in [2.05, 4.69) is 19.6 Å². The molecule has 90 valence electrons. The monoisotopic (exact) mass is 246 g/mol. The zero-order valence-corrected chi connectivity index (χ0v) is 10.1. The van der Waals surface area contributed by atoms with Crippen LogP contribution in [0.15, 0.2) is 18.2 Å². The van der Waals surface area contributed by atoms with E-state index in [-0.39, 0.29) is 5.75 Å². The molecule has 16 heavy (non-hydrogen) atoms. The third-order valence-corrected chi connectivity index (χ3v) is 2.84. The topological polar surface area (TPSA) is 9.23 Å². The van der Waals surface area contributed by atoms with Crippen molar-refractivity contribution in [2.75, 3.05) is 12.4 Å². The maximum absolute atomic E-state index is 13.2. The minimum Gasteiger partial charge on any atom is -0.490 e. The van der Waals surface area contributed by atoms with Crippen molar-refractivity contribution in [1.82, 2.24) is 0 Å². The van der Waals surface area contributed by atoms with Gasteiger partial charge in [-0.25, -0.2) is 8.78 Å². The van der Waals surface area contributed by atoms with Crippen molar-refractivity contribution < 1.29 is 13.5 Å². The SMILES string of the molecule is CCCC(CS)COc1ccc(F)cc1F. The summed E-state index contributed by atoms with van der Waals surface area (Å²) < 4.78 is 31.1. The van der Waals surface area contributed by atoms with E-state index in [4.69, 9.17) is 4.74 Å². The Labute approximate surface area is 100 Å². The minimum absolute atomic E-state index is 0.101. The number of rotatable bonds is 6. The van der Waals surface area contributed by atoms with E-state index in [1.165, 1.54) is 12.1 Å². The molecular weight excluding hydrogens is 230 g/mol. The Morgan fingerprint density at radius 3 is 2.69 bits per heavy atom. The molecule has 1 rings (SSSR count). The molecule has 1 atom stereocenters. The van der Waals surface area contributed by atoms with Gasteiger partial charge in [0.2, 0.25) is 0 Å². The normalized spacial score (nSPS) is 12.5. The zero-order valence-electron chi connectivity index (χ0n) is 9.25. The summed E-state index contributed by atoms with van der Waals surface area (Å²) in [5, 5.41) is 0. The summed E-state index contributed by atoms with van der Waals surface area (Å²) in [5.41, 5.74) is 0. The third kappa shape index (κ3) is 4.00. The van der Waals surface area contributed by atoms with E-state index in [1.54, 1.807) is 0 Å². The van der Waals surface area contributed by atoms with Crippen LogP contribution in [0.3, 0.4) is 0 Å². The van der Waals surface area contributed by atoms with E-state index in [0.717, 1.165) is 18.9 Å². The first-order chi connectivity index (χ1) is 7.67. The molecule has 0 N–H and O–H groups in total. The lowest BCUT2D eigenvalue weighted by Crippen LogP contribution is -2.14. The van der Waals surface area contributed by atoms with Crippen LogP contribution in [0.2, 0.25) is 0 Å². The quantitative estimate of drug-likeness (QED) is 0.753. The van der Waals surface area contributed by atoms with Gasteiger partial charge in [-0.15, -0.1) is 0 Å². The van der Waals surface area contributed by atoms with E-state index in [1.807, 2.05) is 0 Å². The predicted molar refractivity (Wildman–Crippen MR) is 64.1 cm³/mol. The molecule has 0 spiro atoms. The molecule has 0 aliphatic heterocycles. The summed E-state index contributed by atoms with van der Waals surface area (Å²) in [6.07, 6.45) is 2.03. The van der Waals surface area contributed by atoms with Crippen LogP contribution in [-0.2, 0) is 0 Å². The highest BCUT2D eigenvalue weighted by Crippen LogP contribution is 2.19. The summed E-state index contributed by atoms with van der Waals surface area (Å²) in [6, 6.07) is 3.32. The molecule has 0 heterocycles. The molecule has 0 saturated carbocycles. The summed E-state index contributed by atoms with van der Waals surface area (Å²) in [5.74, 6) is -0.142. The molecule has 0 bridgehead atoms. The van der Waals surface area contributed by atoms with E-state index < -0.39 is 11.6 Å². The van der Waals surface area contributed by atoms with E-state index in [9.17, 15) is 8.78 Å². The molecule has 0 fully saturated rings. The van der Waals surface area contributed by atoms with Crippen molar-refractivity contribution in [3.63, 3.8) is 0 Å². The molecule has 0 radical (unpaired) electrons. The first-order valence-electron chi connectivity index (χ1n) is 5.36. The van der Waals surface area contributed by atoms with Crippen LogP contribution in [0.1, 0.15) is 19.8 Å². The van der Waals surface area contributed by atoms with Gasteiger partial charge in [0.25, 0.3) is 0 Å². The van der Waals surface area contributed by atoms with Crippen molar-refractivity contribution in [3.05, 3.63) is 29.8 Å². The maximum atomic E-state index is 13.2. The molecule has 1 aromatic carbocycles. The molecular formula is C12H16F2OS. The van der Waals surface area contributed by atoms with Gasteiger partial charge < -0.3 is 4.74 Å². The van der Waals surface area contributed by atoms with Crippen LogP contribution in [0, 0.1) is 17.6 Å². The van der Waals surface area contributed by atoms with Gasteiger partial charge in [-0.2, -0.15) is 12.6 Å². The number of ether oxygens (including phenoxy) is 1. The fraction of sp³-hybridized carbons (Fsp3) is 0.500. The fourth-order valence-corrected chi connectivity index (χ4v) is 1.72. The lowest BCUT2D eigenvalue weighted by atomic mass is 10.1. The summed E-state index contributed by atoms with van der Waals surface area (Å²) in [6.45, 7) is 2.49. The number of thiol groups is 1. The second kappa shape index (κ2) is 6.74. The van der Waals surface area contributed by atoms with Crippen LogP contribution in [0.25, 0.3) is 0 Å². The molecule has 1 unspecified atom stereocenters. The second-order valence-electron chi connectivity index (χ2n) is 3.72. The lowest BCUT2D eigenvalue weighted by Gasteiger charge is -2.14. The zero-order chi connectivity index (χ0) is 12.0. The molecule has 1 nitrogen and oxygen atoms in total. The standard InChI is InChI=1S/C12H16F2OS/c1-2-3-9(8-16)7-15-12-5-4-10(13)6-11(12)14/h4-6,9,16H,2-3,7-8H2,1H3. The van der Waals surface area contributed by atoms with Crippen molar-refractivity contribution in [1.29, 1.82) is 0 Å². The van der Waals surface area contributed by atoms with Gasteiger partial charge in [0, 0.05) is 12.0 Å². The average Bonchev–Trinajstić information content (AvgIpc) is 2.26. The van der Waals surface area contributed by atoms with Crippen molar-refractivity contribution >= 4 is 12.6 Å². The highest BCUT2D eigenvalue weighted by Gasteiger charge is 2.09. The Bertz CT molecular complexity index is 331. The van der Waals surface area contributed by atoms with Gasteiger partial charge >= 0.3 is 0 Å². The molecule has 4 heteroatoms. The highest BCUT2D eigenvalue weighted by molar-refractivity contribution is 7.80. The Hall–Kier alpha value is -0.770. The van der Waals surface area contributed by atoms with Gasteiger partial charge in [0.1, 0.15) is 5.82 Å². The molecule has 0 aromatic heterocycles. The lowest BCUT2D eigenvalue weighted by molar-refractivity contribution is 0.244. The van der Waals surface area contributed by atoms with Gasteiger partial charge in [0.15, 0.2) is 11.6 Å². The number of benzene rings is 1. The first kappa shape index (κ1) is 13.3. The van der Waals surface area contributed by atoms with Gasteiger partial charge in [-0.3, -0.25) is 0 Å².